The Balaban J connectivity index is 1.72. The summed E-state index contributed by atoms with van der Waals surface area (Å²) in [5.74, 6) is 0.235. The van der Waals surface area contributed by atoms with Crippen molar-refractivity contribution < 1.29 is 14.5 Å². The van der Waals surface area contributed by atoms with Crippen molar-refractivity contribution in [2.24, 2.45) is 0 Å². The van der Waals surface area contributed by atoms with Gasteiger partial charge in [-0.15, -0.1) is 0 Å². The van der Waals surface area contributed by atoms with Gasteiger partial charge in [-0.2, -0.15) is 0 Å². The Labute approximate surface area is 160 Å². The molecular formula is C20H19N3O5. The number of aromatic nitrogens is 1. The maximum atomic E-state index is 12.4. The van der Waals surface area contributed by atoms with Crippen LogP contribution in [0.25, 0.3) is 10.9 Å². The fraction of sp³-hybridized carbons (Fsp3) is 0.200. The van der Waals surface area contributed by atoms with Gasteiger partial charge in [-0.1, -0.05) is 6.07 Å². The van der Waals surface area contributed by atoms with Gasteiger partial charge in [-0.3, -0.25) is 19.7 Å². The molecule has 0 aliphatic carbocycles. The van der Waals surface area contributed by atoms with E-state index in [2.05, 4.69) is 10.3 Å². The lowest BCUT2D eigenvalue weighted by Gasteiger charge is -2.09. The summed E-state index contributed by atoms with van der Waals surface area (Å²) >= 11 is 0. The fourth-order valence-electron chi connectivity index (χ4n) is 3.01. The van der Waals surface area contributed by atoms with Crippen LogP contribution < -0.4 is 15.6 Å². The van der Waals surface area contributed by atoms with Gasteiger partial charge in [-0.25, -0.2) is 0 Å². The Morgan fingerprint density at radius 2 is 2.04 bits per heavy atom. The average Bonchev–Trinajstić information content (AvgIpc) is 2.67. The normalized spacial score (nSPS) is 10.6. The van der Waals surface area contributed by atoms with Crippen LogP contribution >= 0.6 is 0 Å². The number of carbonyl (C=O) groups is 1. The zero-order valence-corrected chi connectivity index (χ0v) is 15.4. The molecule has 0 saturated carbocycles. The molecule has 0 bridgehead atoms. The van der Waals surface area contributed by atoms with E-state index in [0.29, 0.717) is 28.8 Å². The van der Waals surface area contributed by atoms with E-state index in [-0.39, 0.29) is 23.4 Å². The van der Waals surface area contributed by atoms with E-state index in [4.69, 9.17) is 4.74 Å². The third-order valence-corrected chi connectivity index (χ3v) is 4.56. The number of hydrogen-bond donors (Lipinski definition) is 2. The first-order chi connectivity index (χ1) is 13.4. The molecule has 8 nitrogen and oxygen atoms in total. The minimum Gasteiger partial charge on any atom is -0.497 e. The summed E-state index contributed by atoms with van der Waals surface area (Å²) in [5, 5.41) is 14.6. The number of pyridine rings is 1. The number of amides is 1. The lowest BCUT2D eigenvalue weighted by atomic mass is 10.1. The zero-order chi connectivity index (χ0) is 20.3. The Kier molecular flexibility index (Phi) is 5.39. The van der Waals surface area contributed by atoms with Crippen LogP contribution in [0.1, 0.15) is 21.5 Å². The monoisotopic (exact) mass is 381 g/mol. The van der Waals surface area contributed by atoms with Crippen molar-refractivity contribution in [3.63, 3.8) is 0 Å². The molecule has 0 aliphatic rings. The molecule has 0 aliphatic heterocycles. The van der Waals surface area contributed by atoms with Crippen LogP contribution in [0, 0.1) is 17.0 Å². The number of nitrogens with one attached hydrogen (secondary N) is 2. The van der Waals surface area contributed by atoms with Crippen LogP contribution in [0.5, 0.6) is 5.75 Å². The van der Waals surface area contributed by atoms with Crippen molar-refractivity contribution >= 4 is 22.5 Å². The number of carbonyl (C=O) groups excluding carboxylic acids is 1. The second-order valence-electron chi connectivity index (χ2n) is 6.29. The van der Waals surface area contributed by atoms with Gasteiger partial charge in [0.2, 0.25) is 0 Å². The van der Waals surface area contributed by atoms with Crippen molar-refractivity contribution in [1.82, 2.24) is 10.3 Å². The zero-order valence-electron chi connectivity index (χ0n) is 15.4. The Morgan fingerprint density at radius 1 is 1.25 bits per heavy atom. The molecule has 3 aromatic rings. The Morgan fingerprint density at radius 3 is 2.75 bits per heavy atom. The topological polar surface area (TPSA) is 114 Å². The predicted molar refractivity (Wildman–Crippen MR) is 105 cm³/mol. The van der Waals surface area contributed by atoms with E-state index in [0.717, 1.165) is 5.39 Å². The van der Waals surface area contributed by atoms with Gasteiger partial charge in [0.25, 0.3) is 17.2 Å². The first-order valence-corrected chi connectivity index (χ1v) is 8.63. The molecule has 0 radical (unpaired) electrons. The third-order valence-electron chi connectivity index (χ3n) is 4.56. The van der Waals surface area contributed by atoms with Crippen molar-refractivity contribution in [2.45, 2.75) is 13.3 Å². The van der Waals surface area contributed by atoms with Crippen LogP contribution in [0.3, 0.4) is 0 Å². The first-order valence-electron chi connectivity index (χ1n) is 8.63. The van der Waals surface area contributed by atoms with Gasteiger partial charge in [0.1, 0.15) is 5.75 Å². The van der Waals surface area contributed by atoms with Crippen LogP contribution in [-0.4, -0.2) is 29.5 Å². The van der Waals surface area contributed by atoms with Crippen molar-refractivity contribution in [1.29, 1.82) is 0 Å². The molecule has 1 amide bonds. The quantitative estimate of drug-likeness (QED) is 0.503. The summed E-state index contributed by atoms with van der Waals surface area (Å²) in [7, 11) is 1.55. The molecule has 0 unspecified atom stereocenters. The molecule has 0 atom stereocenters. The highest BCUT2D eigenvalue weighted by Crippen LogP contribution is 2.21. The average molecular weight is 381 g/mol. The van der Waals surface area contributed by atoms with Gasteiger partial charge < -0.3 is 15.0 Å². The molecule has 144 valence electrons. The maximum Gasteiger partial charge on any atom is 0.273 e. The number of rotatable bonds is 6. The molecular weight excluding hydrogens is 362 g/mol. The highest BCUT2D eigenvalue weighted by atomic mass is 16.6. The Hall–Kier alpha value is -3.68. The number of fused-ring (bicyclic) bond motifs is 1. The number of nitrogens with zero attached hydrogens (tertiary/aromatic N) is 1. The standard InChI is InChI=1S/C20H19N3O5/c1-12-16(4-3-5-18(12)23(26)27)20(25)21-9-8-14-10-13-6-7-15(28-2)11-17(13)22-19(14)24/h3-7,10-11H,8-9H2,1-2H3,(H,21,25)(H,22,24). The molecule has 8 heteroatoms. The third kappa shape index (κ3) is 3.85. The molecule has 0 spiro atoms. The summed E-state index contributed by atoms with van der Waals surface area (Å²) in [6.45, 7) is 1.76. The number of benzene rings is 2. The molecule has 1 aromatic heterocycles. The Bertz CT molecular complexity index is 1120. The number of methoxy groups -OCH3 is 1. The van der Waals surface area contributed by atoms with Gasteiger partial charge in [-0.05, 0) is 43.0 Å². The summed E-state index contributed by atoms with van der Waals surface area (Å²) in [4.78, 5) is 37.9. The minimum absolute atomic E-state index is 0.103. The smallest absolute Gasteiger partial charge is 0.273 e. The van der Waals surface area contributed by atoms with E-state index in [1.165, 1.54) is 25.1 Å². The predicted octanol–water partition coefficient (Wildman–Crippen LogP) is 2.73. The van der Waals surface area contributed by atoms with Crippen LogP contribution in [-0.2, 0) is 6.42 Å². The van der Waals surface area contributed by atoms with Crippen molar-refractivity contribution in [3.05, 3.63) is 79.6 Å². The number of hydrogen-bond acceptors (Lipinski definition) is 5. The second-order valence-corrected chi connectivity index (χ2v) is 6.29. The number of H-pyrrole nitrogens is 1. The number of nitro groups is 1. The van der Waals surface area contributed by atoms with Crippen LogP contribution in [0.4, 0.5) is 5.69 Å². The summed E-state index contributed by atoms with van der Waals surface area (Å²) < 4.78 is 5.15. The first kappa shape index (κ1) is 19.1. The van der Waals surface area contributed by atoms with Gasteiger partial charge >= 0.3 is 0 Å². The van der Waals surface area contributed by atoms with E-state index in [1.54, 1.807) is 25.3 Å². The highest BCUT2D eigenvalue weighted by Gasteiger charge is 2.17. The highest BCUT2D eigenvalue weighted by molar-refractivity contribution is 5.96. The number of aromatic amines is 1. The molecule has 1 heterocycles. The van der Waals surface area contributed by atoms with Crippen molar-refractivity contribution in [2.75, 3.05) is 13.7 Å². The molecule has 0 saturated heterocycles. The lowest BCUT2D eigenvalue weighted by molar-refractivity contribution is -0.385. The number of nitro benzene ring substituents is 1. The second kappa shape index (κ2) is 7.91. The molecule has 3 rings (SSSR count). The van der Waals surface area contributed by atoms with Crippen LogP contribution in [0.2, 0.25) is 0 Å². The molecule has 0 fully saturated rings. The summed E-state index contributed by atoms with van der Waals surface area (Å²) in [6, 6.07) is 11.5. The van der Waals surface area contributed by atoms with Crippen molar-refractivity contribution in [3.8, 4) is 5.75 Å². The minimum atomic E-state index is -0.518. The maximum absolute atomic E-state index is 12.4. The van der Waals surface area contributed by atoms with E-state index < -0.39 is 10.8 Å². The lowest BCUT2D eigenvalue weighted by Crippen LogP contribution is -2.28. The van der Waals surface area contributed by atoms with E-state index in [1.807, 2.05) is 6.07 Å². The largest absolute Gasteiger partial charge is 0.497 e. The molecule has 2 N–H and O–H groups in total. The van der Waals surface area contributed by atoms with Crippen LogP contribution in [0.15, 0.2) is 47.3 Å². The molecule has 2 aromatic carbocycles. The van der Waals surface area contributed by atoms with Gasteiger partial charge in [0, 0.05) is 35.4 Å². The molecule has 28 heavy (non-hydrogen) atoms. The fourth-order valence-corrected chi connectivity index (χ4v) is 3.01. The van der Waals surface area contributed by atoms with Gasteiger partial charge in [0.05, 0.1) is 17.5 Å². The van der Waals surface area contributed by atoms with E-state index >= 15 is 0 Å². The summed E-state index contributed by atoms with van der Waals surface area (Å²) in [6.07, 6.45) is 0.330. The SMILES string of the molecule is COc1ccc2cc(CCNC(=O)c3cccc([N+](=O)[O-])c3C)c(=O)[nH]c2c1. The number of ether oxygens (including phenoxy) is 1. The summed E-state index contributed by atoms with van der Waals surface area (Å²) in [5.41, 5.74) is 1.42. The van der Waals surface area contributed by atoms with Gasteiger partial charge in [0.15, 0.2) is 0 Å². The van der Waals surface area contributed by atoms with E-state index in [9.17, 15) is 19.7 Å².